The van der Waals surface area contributed by atoms with E-state index in [9.17, 15) is 0 Å². The number of hydrogen-bond donors (Lipinski definition) is 0. The minimum atomic E-state index is 0.587. The zero-order valence-corrected chi connectivity index (χ0v) is 12.3. The lowest BCUT2D eigenvalue weighted by Crippen LogP contribution is -2.53. The van der Waals surface area contributed by atoms with Crippen molar-refractivity contribution in [2.24, 2.45) is 5.41 Å². The van der Waals surface area contributed by atoms with E-state index in [0.29, 0.717) is 5.41 Å². The third kappa shape index (κ3) is 2.80. The molecule has 0 amide bonds. The van der Waals surface area contributed by atoms with Crippen molar-refractivity contribution in [3.8, 4) is 0 Å². The summed E-state index contributed by atoms with van der Waals surface area (Å²) >= 11 is 3.75. The first-order valence-electron chi connectivity index (χ1n) is 6.64. The Bertz CT molecular complexity index is 226. The standard InChI is InChI=1S/C13H25BrN2/c1-12-9-15(2)7-8-16(12)11-13(10-14)5-3-4-6-13/h12H,3-11H2,1-2H3. The summed E-state index contributed by atoms with van der Waals surface area (Å²) in [4.78, 5) is 5.17. The Morgan fingerprint density at radius 3 is 2.50 bits per heavy atom. The third-order valence-electron chi connectivity index (χ3n) is 4.45. The van der Waals surface area contributed by atoms with Crippen LogP contribution in [0.4, 0.5) is 0 Å². The van der Waals surface area contributed by atoms with Gasteiger partial charge in [0.1, 0.15) is 0 Å². The largest absolute Gasteiger partial charge is 0.304 e. The van der Waals surface area contributed by atoms with E-state index in [1.165, 1.54) is 57.2 Å². The van der Waals surface area contributed by atoms with E-state index in [1.54, 1.807) is 0 Å². The number of alkyl halides is 1. The molecule has 1 aliphatic heterocycles. The Morgan fingerprint density at radius 2 is 1.94 bits per heavy atom. The fraction of sp³-hybridized carbons (Fsp3) is 1.00. The molecule has 0 N–H and O–H groups in total. The van der Waals surface area contributed by atoms with E-state index < -0.39 is 0 Å². The molecule has 1 atom stereocenters. The van der Waals surface area contributed by atoms with E-state index in [2.05, 4.69) is 39.7 Å². The summed E-state index contributed by atoms with van der Waals surface area (Å²) in [6, 6.07) is 0.732. The topological polar surface area (TPSA) is 6.48 Å². The van der Waals surface area contributed by atoms with Gasteiger partial charge in [0.15, 0.2) is 0 Å². The number of likely N-dealkylation sites (N-methyl/N-ethyl adjacent to an activating group) is 1. The van der Waals surface area contributed by atoms with Gasteiger partial charge in [-0.1, -0.05) is 28.8 Å². The molecule has 1 heterocycles. The molecule has 1 unspecified atom stereocenters. The van der Waals surface area contributed by atoms with Crippen LogP contribution in [0.15, 0.2) is 0 Å². The second-order valence-corrected chi connectivity index (χ2v) is 6.48. The Balaban J connectivity index is 1.92. The van der Waals surface area contributed by atoms with Crippen LogP contribution in [0.2, 0.25) is 0 Å². The van der Waals surface area contributed by atoms with Gasteiger partial charge in [0, 0.05) is 37.6 Å². The van der Waals surface area contributed by atoms with E-state index in [0.717, 1.165) is 6.04 Å². The molecule has 2 aliphatic rings. The first kappa shape index (κ1) is 12.8. The Kier molecular flexibility index (Phi) is 4.31. The van der Waals surface area contributed by atoms with Gasteiger partial charge in [0.2, 0.25) is 0 Å². The van der Waals surface area contributed by atoms with Crippen molar-refractivity contribution in [2.75, 3.05) is 38.6 Å². The molecule has 2 fully saturated rings. The minimum absolute atomic E-state index is 0.587. The summed E-state index contributed by atoms with van der Waals surface area (Å²) in [5.41, 5.74) is 0.587. The number of halogens is 1. The van der Waals surface area contributed by atoms with Gasteiger partial charge in [0.25, 0.3) is 0 Å². The van der Waals surface area contributed by atoms with Crippen molar-refractivity contribution in [1.82, 2.24) is 9.80 Å². The fourth-order valence-corrected chi connectivity index (χ4v) is 4.04. The SMILES string of the molecule is CC1CN(C)CCN1CC1(CBr)CCCC1. The maximum absolute atomic E-state index is 3.75. The van der Waals surface area contributed by atoms with Crippen molar-refractivity contribution in [3.63, 3.8) is 0 Å². The van der Waals surface area contributed by atoms with E-state index in [-0.39, 0.29) is 0 Å². The smallest absolute Gasteiger partial charge is 0.0195 e. The van der Waals surface area contributed by atoms with Crippen LogP contribution >= 0.6 is 15.9 Å². The molecule has 2 rings (SSSR count). The van der Waals surface area contributed by atoms with Gasteiger partial charge < -0.3 is 4.90 Å². The molecule has 16 heavy (non-hydrogen) atoms. The molecule has 0 aromatic carbocycles. The lowest BCUT2D eigenvalue weighted by molar-refractivity contribution is 0.0636. The van der Waals surface area contributed by atoms with Crippen molar-refractivity contribution in [3.05, 3.63) is 0 Å². The first-order valence-corrected chi connectivity index (χ1v) is 7.76. The average molecular weight is 289 g/mol. The highest BCUT2D eigenvalue weighted by atomic mass is 79.9. The summed E-state index contributed by atoms with van der Waals surface area (Å²) in [7, 11) is 2.24. The number of hydrogen-bond acceptors (Lipinski definition) is 2. The third-order valence-corrected chi connectivity index (χ3v) is 5.64. The van der Waals surface area contributed by atoms with Gasteiger partial charge in [-0.3, -0.25) is 4.90 Å². The Hall–Kier alpha value is 0.400. The van der Waals surface area contributed by atoms with Crippen LogP contribution in [0.25, 0.3) is 0 Å². The summed E-state index contributed by atoms with van der Waals surface area (Å²) in [6.07, 6.45) is 5.73. The highest BCUT2D eigenvalue weighted by Crippen LogP contribution is 2.40. The number of rotatable bonds is 3. The van der Waals surface area contributed by atoms with Crippen LogP contribution in [0, 0.1) is 5.41 Å². The quantitative estimate of drug-likeness (QED) is 0.737. The van der Waals surface area contributed by atoms with Crippen LogP contribution in [-0.4, -0.2) is 54.4 Å². The highest BCUT2D eigenvalue weighted by molar-refractivity contribution is 9.09. The van der Waals surface area contributed by atoms with Crippen LogP contribution in [-0.2, 0) is 0 Å². The van der Waals surface area contributed by atoms with Crippen molar-refractivity contribution in [2.45, 2.75) is 38.6 Å². The van der Waals surface area contributed by atoms with E-state index >= 15 is 0 Å². The van der Waals surface area contributed by atoms with Gasteiger partial charge in [-0.2, -0.15) is 0 Å². The molecule has 3 heteroatoms. The molecule has 0 aromatic heterocycles. The van der Waals surface area contributed by atoms with Crippen LogP contribution in [0.1, 0.15) is 32.6 Å². The van der Waals surface area contributed by atoms with E-state index in [4.69, 9.17) is 0 Å². The molecule has 0 spiro atoms. The predicted octanol–water partition coefficient (Wildman–Crippen LogP) is 2.58. The molecule has 2 nitrogen and oxygen atoms in total. The van der Waals surface area contributed by atoms with E-state index in [1.807, 2.05) is 0 Å². The van der Waals surface area contributed by atoms with Crippen LogP contribution in [0.5, 0.6) is 0 Å². The summed E-state index contributed by atoms with van der Waals surface area (Å²) in [5, 5.41) is 1.19. The maximum Gasteiger partial charge on any atom is 0.0195 e. The van der Waals surface area contributed by atoms with Gasteiger partial charge in [0.05, 0.1) is 0 Å². The fourth-order valence-electron chi connectivity index (χ4n) is 3.30. The highest BCUT2D eigenvalue weighted by Gasteiger charge is 2.36. The number of piperazine rings is 1. The van der Waals surface area contributed by atoms with Gasteiger partial charge in [-0.25, -0.2) is 0 Å². The lowest BCUT2D eigenvalue weighted by atomic mass is 9.87. The van der Waals surface area contributed by atoms with Crippen molar-refractivity contribution >= 4 is 15.9 Å². The minimum Gasteiger partial charge on any atom is -0.304 e. The molecule has 94 valence electrons. The maximum atomic E-state index is 3.75. The molecule has 1 aliphatic carbocycles. The molecule has 1 saturated carbocycles. The normalized spacial score (nSPS) is 32.1. The summed E-state index contributed by atoms with van der Waals surface area (Å²) in [5.74, 6) is 0. The second kappa shape index (κ2) is 5.36. The Morgan fingerprint density at radius 1 is 1.25 bits per heavy atom. The lowest BCUT2D eigenvalue weighted by Gasteiger charge is -2.42. The summed E-state index contributed by atoms with van der Waals surface area (Å²) < 4.78 is 0. The van der Waals surface area contributed by atoms with Gasteiger partial charge >= 0.3 is 0 Å². The monoisotopic (exact) mass is 288 g/mol. The molecule has 0 bridgehead atoms. The van der Waals surface area contributed by atoms with Gasteiger partial charge in [-0.15, -0.1) is 0 Å². The summed E-state index contributed by atoms with van der Waals surface area (Å²) in [6.45, 7) is 7.42. The molecule has 0 aromatic rings. The second-order valence-electron chi connectivity index (χ2n) is 5.92. The zero-order valence-electron chi connectivity index (χ0n) is 10.7. The molecular weight excluding hydrogens is 264 g/mol. The van der Waals surface area contributed by atoms with Crippen LogP contribution in [0.3, 0.4) is 0 Å². The predicted molar refractivity (Wildman–Crippen MR) is 73.2 cm³/mol. The molecule has 0 radical (unpaired) electrons. The van der Waals surface area contributed by atoms with Crippen molar-refractivity contribution in [1.29, 1.82) is 0 Å². The molecule has 1 saturated heterocycles. The van der Waals surface area contributed by atoms with Crippen LogP contribution < -0.4 is 0 Å². The first-order chi connectivity index (χ1) is 7.65. The zero-order chi connectivity index (χ0) is 11.6. The van der Waals surface area contributed by atoms with Crippen molar-refractivity contribution < 1.29 is 0 Å². The Labute approximate surface area is 108 Å². The number of nitrogens with zero attached hydrogens (tertiary/aromatic N) is 2. The van der Waals surface area contributed by atoms with Gasteiger partial charge in [-0.05, 0) is 32.2 Å². The average Bonchev–Trinajstić information content (AvgIpc) is 2.72. The molecular formula is C13H25BrN2.